The van der Waals surface area contributed by atoms with Crippen LogP contribution in [0.15, 0.2) is 53.4 Å². The Hall–Kier alpha value is -2.71. The van der Waals surface area contributed by atoms with E-state index in [0.717, 1.165) is 5.56 Å². The summed E-state index contributed by atoms with van der Waals surface area (Å²) in [6, 6.07) is 14.3. The number of methoxy groups -OCH3 is 1. The molecule has 7 nitrogen and oxygen atoms in total. The number of amides is 1. The molecule has 0 aliphatic carbocycles. The Balaban J connectivity index is 1.55. The van der Waals surface area contributed by atoms with Crippen molar-refractivity contribution in [2.45, 2.75) is 43.5 Å². The SMILES string of the molecule is COC(=O)c1ccc(S(=O)(=O)N2CCC(NC(=O)CCc3ccccc3)CC2)c(C)c1. The number of aryl methyl sites for hydroxylation is 2. The topological polar surface area (TPSA) is 92.8 Å². The number of carbonyl (C=O) groups excluding carboxylic acids is 2. The smallest absolute Gasteiger partial charge is 0.337 e. The summed E-state index contributed by atoms with van der Waals surface area (Å²) >= 11 is 0. The zero-order valence-electron chi connectivity index (χ0n) is 17.8. The van der Waals surface area contributed by atoms with Gasteiger partial charge in [-0.25, -0.2) is 13.2 Å². The number of nitrogens with zero attached hydrogens (tertiary/aromatic N) is 1. The third-order valence-corrected chi connectivity index (χ3v) is 7.58. The molecule has 0 spiro atoms. The van der Waals surface area contributed by atoms with Crippen molar-refractivity contribution in [1.29, 1.82) is 0 Å². The van der Waals surface area contributed by atoms with Crippen LogP contribution in [0, 0.1) is 6.92 Å². The second kappa shape index (κ2) is 10.1. The molecule has 1 amide bonds. The van der Waals surface area contributed by atoms with Gasteiger partial charge in [0.05, 0.1) is 17.6 Å². The summed E-state index contributed by atoms with van der Waals surface area (Å²) in [7, 11) is -2.39. The molecule has 1 fully saturated rings. The summed E-state index contributed by atoms with van der Waals surface area (Å²) in [5.41, 5.74) is 1.93. The van der Waals surface area contributed by atoms with E-state index in [-0.39, 0.29) is 16.8 Å². The minimum atomic E-state index is -3.67. The van der Waals surface area contributed by atoms with Gasteiger partial charge in [0, 0.05) is 25.6 Å². The molecule has 8 heteroatoms. The van der Waals surface area contributed by atoms with Gasteiger partial charge in [0.1, 0.15) is 0 Å². The first-order valence-corrected chi connectivity index (χ1v) is 11.8. The first-order valence-electron chi connectivity index (χ1n) is 10.3. The first kappa shape index (κ1) is 23.0. The molecule has 0 radical (unpaired) electrons. The van der Waals surface area contributed by atoms with Gasteiger partial charge < -0.3 is 10.1 Å². The van der Waals surface area contributed by atoms with Crippen molar-refractivity contribution in [3.8, 4) is 0 Å². The number of sulfonamides is 1. The molecular formula is C23H28N2O5S. The zero-order valence-corrected chi connectivity index (χ0v) is 18.7. The van der Waals surface area contributed by atoms with E-state index >= 15 is 0 Å². The predicted octanol–water partition coefficient (Wildman–Crippen LogP) is 2.68. The van der Waals surface area contributed by atoms with Crippen LogP contribution in [0.1, 0.15) is 40.7 Å². The molecule has 2 aromatic rings. The predicted molar refractivity (Wildman–Crippen MR) is 117 cm³/mol. The summed E-state index contributed by atoms with van der Waals surface area (Å²) in [4.78, 5) is 24.1. The minimum absolute atomic E-state index is 0.0144. The molecule has 0 unspecified atom stereocenters. The van der Waals surface area contributed by atoms with Gasteiger partial charge in [-0.3, -0.25) is 4.79 Å². The van der Waals surface area contributed by atoms with Crippen LogP contribution in [-0.4, -0.2) is 50.8 Å². The Morgan fingerprint density at radius 3 is 2.39 bits per heavy atom. The molecule has 0 saturated carbocycles. The number of carbonyl (C=O) groups is 2. The van der Waals surface area contributed by atoms with Gasteiger partial charge in [-0.05, 0) is 55.5 Å². The Morgan fingerprint density at radius 2 is 1.77 bits per heavy atom. The van der Waals surface area contributed by atoms with Crippen LogP contribution in [0.3, 0.4) is 0 Å². The van der Waals surface area contributed by atoms with E-state index in [4.69, 9.17) is 0 Å². The average molecular weight is 445 g/mol. The molecular weight excluding hydrogens is 416 g/mol. The molecule has 1 N–H and O–H groups in total. The fourth-order valence-electron chi connectivity index (χ4n) is 3.77. The molecule has 31 heavy (non-hydrogen) atoms. The van der Waals surface area contributed by atoms with E-state index in [9.17, 15) is 18.0 Å². The summed E-state index contributed by atoms with van der Waals surface area (Å²) in [6.45, 7) is 2.34. The Morgan fingerprint density at radius 1 is 1.10 bits per heavy atom. The normalized spacial score (nSPS) is 15.4. The monoisotopic (exact) mass is 444 g/mol. The number of esters is 1. The Labute approximate surface area is 183 Å². The van der Waals surface area contributed by atoms with E-state index in [1.165, 1.54) is 29.6 Å². The third-order valence-electron chi connectivity index (χ3n) is 5.52. The Kier molecular flexibility index (Phi) is 7.46. The molecule has 2 aromatic carbocycles. The number of nitrogens with one attached hydrogen (secondary N) is 1. The van der Waals surface area contributed by atoms with E-state index in [1.54, 1.807) is 6.92 Å². The van der Waals surface area contributed by atoms with E-state index in [1.807, 2.05) is 30.3 Å². The van der Waals surface area contributed by atoms with Gasteiger partial charge in [-0.2, -0.15) is 4.31 Å². The highest BCUT2D eigenvalue weighted by Gasteiger charge is 2.31. The molecule has 1 heterocycles. The zero-order chi connectivity index (χ0) is 22.4. The lowest BCUT2D eigenvalue weighted by atomic mass is 10.1. The summed E-state index contributed by atoms with van der Waals surface area (Å²) in [6.07, 6.45) is 2.22. The highest BCUT2D eigenvalue weighted by molar-refractivity contribution is 7.89. The quantitative estimate of drug-likeness (QED) is 0.663. The first-order chi connectivity index (χ1) is 14.8. The number of piperidine rings is 1. The van der Waals surface area contributed by atoms with Crippen LogP contribution >= 0.6 is 0 Å². The minimum Gasteiger partial charge on any atom is -0.465 e. The maximum absolute atomic E-state index is 13.1. The van der Waals surface area contributed by atoms with Crippen LogP contribution in [-0.2, 0) is 26.0 Å². The number of hydrogen-bond acceptors (Lipinski definition) is 5. The fraction of sp³-hybridized carbons (Fsp3) is 0.391. The lowest BCUT2D eigenvalue weighted by Crippen LogP contribution is -2.46. The summed E-state index contributed by atoms with van der Waals surface area (Å²) in [5, 5.41) is 3.03. The van der Waals surface area contributed by atoms with Gasteiger partial charge >= 0.3 is 5.97 Å². The van der Waals surface area contributed by atoms with Crippen LogP contribution in [0.4, 0.5) is 0 Å². The van der Waals surface area contributed by atoms with Crippen LogP contribution in [0.25, 0.3) is 0 Å². The molecule has 0 aromatic heterocycles. The van der Waals surface area contributed by atoms with E-state index < -0.39 is 16.0 Å². The average Bonchev–Trinajstić information content (AvgIpc) is 2.78. The van der Waals surface area contributed by atoms with E-state index in [2.05, 4.69) is 10.1 Å². The number of hydrogen-bond donors (Lipinski definition) is 1. The highest BCUT2D eigenvalue weighted by Crippen LogP contribution is 2.24. The molecule has 166 valence electrons. The van der Waals surface area contributed by atoms with Crippen molar-refractivity contribution in [1.82, 2.24) is 9.62 Å². The van der Waals surface area contributed by atoms with E-state index in [0.29, 0.717) is 49.9 Å². The largest absolute Gasteiger partial charge is 0.465 e. The molecule has 3 rings (SSSR count). The van der Waals surface area contributed by atoms with Crippen molar-refractivity contribution < 1.29 is 22.7 Å². The van der Waals surface area contributed by atoms with Crippen molar-refractivity contribution in [3.63, 3.8) is 0 Å². The van der Waals surface area contributed by atoms with Crippen LogP contribution in [0.2, 0.25) is 0 Å². The second-order valence-corrected chi connectivity index (χ2v) is 9.61. The van der Waals surface area contributed by atoms with Crippen LogP contribution < -0.4 is 5.32 Å². The molecule has 1 aliphatic rings. The third kappa shape index (κ3) is 5.71. The van der Waals surface area contributed by atoms with Gasteiger partial charge in [-0.15, -0.1) is 0 Å². The van der Waals surface area contributed by atoms with Crippen molar-refractivity contribution in [2.75, 3.05) is 20.2 Å². The van der Waals surface area contributed by atoms with Gasteiger partial charge in [-0.1, -0.05) is 30.3 Å². The standard InChI is InChI=1S/C23H28N2O5S/c1-17-16-19(23(27)30-2)9-10-21(17)31(28,29)25-14-12-20(13-15-25)24-22(26)11-8-18-6-4-3-5-7-18/h3-7,9-10,16,20H,8,11-15H2,1-2H3,(H,24,26). The lowest BCUT2D eigenvalue weighted by molar-refractivity contribution is -0.122. The maximum Gasteiger partial charge on any atom is 0.337 e. The van der Waals surface area contributed by atoms with Gasteiger partial charge in [0.2, 0.25) is 15.9 Å². The van der Waals surface area contributed by atoms with Crippen molar-refractivity contribution in [2.24, 2.45) is 0 Å². The summed E-state index contributed by atoms with van der Waals surface area (Å²) in [5.74, 6) is -0.518. The lowest BCUT2D eigenvalue weighted by Gasteiger charge is -2.32. The highest BCUT2D eigenvalue weighted by atomic mass is 32.2. The molecule has 1 saturated heterocycles. The van der Waals surface area contributed by atoms with Gasteiger partial charge in [0.25, 0.3) is 0 Å². The second-order valence-electron chi connectivity index (χ2n) is 7.70. The fourth-order valence-corrected chi connectivity index (χ4v) is 5.44. The Bertz CT molecular complexity index is 1030. The van der Waals surface area contributed by atoms with Crippen molar-refractivity contribution >= 4 is 21.9 Å². The summed E-state index contributed by atoms with van der Waals surface area (Å²) < 4.78 is 32.3. The number of ether oxygens (including phenoxy) is 1. The van der Waals surface area contributed by atoms with Crippen LogP contribution in [0.5, 0.6) is 0 Å². The maximum atomic E-state index is 13.1. The molecule has 1 aliphatic heterocycles. The molecule has 0 bridgehead atoms. The number of rotatable bonds is 7. The molecule has 0 atom stereocenters. The number of benzene rings is 2. The van der Waals surface area contributed by atoms with Gasteiger partial charge in [0.15, 0.2) is 0 Å². The van der Waals surface area contributed by atoms with Crippen molar-refractivity contribution in [3.05, 3.63) is 65.2 Å².